The highest BCUT2D eigenvalue weighted by Gasteiger charge is 2.29. The van der Waals surface area contributed by atoms with Gasteiger partial charge in [0.05, 0.1) is 26.9 Å². The largest absolute Gasteiger partial charge is 0.493 e. The van der Waals surface area contributed by atoms with Crippen molar-refractivity contribution in [3.63, 3.8) is 0 Å². The number of benzene rings is 2. The number of fused-ring (bicyclic) bond motifs is 1. The van der Waals surface area contributed by atoms with Gasteiger partial charge in [0, 0.05) is 24.7 Å². The number of methoxy groups -OCH3 is 3. The molecule has 1 aliphatic rings. The molecule has 0 N–H and O–H groups in total. The summed E-state index contributed by atoms with van der Waals surface area (Å²) in [6, 6.07) is 8.13. The van der Waals surface area contributed by atoms with E-state index < -0.39 is 6.09 Å². The van der Waals surface area contributed by atoms with Crippen molar-refractivity contribution in [1.29, 1.82) is 0 Å². The third-order valence-electron chi connectivity index (χ3n) is 4.89. The van der Waals surface area contributed by atoms with E-state index in [0.717, 1.165) is 0 Å². The topological polar surface area (TPSA) is 83.5 Å². The molecule has 0 saturated carbocycles. The minimum absolute atomic E-state index is 0.118. The molecule has 0 unspecified atom stereocenters. The van der Waals surface area contributed by atoms with Crippen LogP contribution in [0.25, 0.3) is 6.08 Å². The van der Waals surface area contributed by atoms with E-state index >= 15 is 0 Å². The van der Waals surface area contributed by atoms with Crippen LogP contribution in [-0.4, -0.2) is 51.2 Å². The molecule has 0 fully saturated rings. The van der Waals surface area contributed by atoms with Crippen molar-refractivity contribution in [2.24, 2.45) is 0 Å². The molecule has 2 aromatic rings. The van der Waals surface area contributed by atoms with Gasteiger partial charge < -0.3 is 28.6 Å². The van der Waals surface area contributed by atoms with E-state index in [1.165, 1.54) is 27.4 Å². The van der Waals surface area contributed by atoms with E-state index in [2.05, 4.69) is 0 Å². The van der Waals surface area contributed by atoms with Gasteiger partial charge in [-0.3, -0.25) is 4.79 Å². The molecule has 0 bridgehead atoms. The maximum Gasteiger partial charge on any atom is 0.415 e. The fourth-order valence-corrected chi connectivity index (χ4v) is 3.26. The Morgan fingerprint density at radius 1 is 1.00 bits per heavy atom. The van der Waals surface area contributed by atoms with Gasteiger partial charge in [0.2, 0.25) is 11.5 Å². The van der Waals surface area contributed by atoms with E-state index in [-0.39, 0.29) is 11.5 Å². The Bertz CT molecular complexity index is 1020. The lowest BCUT2D eigenvalue weighted by Crippen LogP contribution is -2.33. The highest BCUT2D eigenvalue weighted by atomic mass is 16.6. The van der Waals surface area contributed by atoms with Crippen LogP contribution in [-0.2, 0) is 0 Å². The van der Waals surface area contributed by atoms with Crippen LogP contribution in [0.15, 0.2) is 36.1 Å². The summed E-state index contributed by atoms with van der Waals surface area (Å²) in [5, 5.41) is 0. The number of hydrogen-bond acceptors (Lipinski definition) is 7. The van der Waals surface area contributed by atoms with Gasteiger partial charge in [0.15, 0.2) is 17.3 Å². The number of allylic oxidation sites excluding steroid dienone is 1. The van der Waals surface area contributed by atoms with Crippen LogP contribution in [0.4, 0.5) is 4.79 Å². The Labute approximate surface area is 180 Å². The summed E-state index contributed by atoms with van der Waals surface area (Å²) in [6.45, 7) is 4.81. The molecule has 0 saturated heterocycles. The first-order chi connectivity index (χ1) is 15.0. The number of carbonyl (C=O) groups is 2. The third kappa shape index (κ3) is 4.28. The van der Waals surface area contributed by atoms with E-state index in [4.69, 9.17) is 23.7 Å². The molecule has 0 atom stereocenters. The number of hydrogen-bond donors (Lipinski definition) is 0. The molecule has 0 aromatic heterocycles. The molecule has 1 amide bonds. The predicted molar refractivity (Wildman–Crippen MR) is 114 cm³/mol. The second kappa shape index (κ2) is 9.42. The first-order valence-corrected chi connectivity index (χ1v) is 9.81. The SMILES string of the molecule is CCN(CC)C(=O)Oc1ccc2c(c1)OC(=Cc1ccc(OC)c(OC)c1OC)C2=O. The van der Waals surface area contributed by atoms with Crippen molar-refractivity contribution in [3.8, 4) is 28.7 Å². The maximum atomic E-state index is 12.8. The van der Waals surface area contributed by atoms with E-state index in [1.54, 1.807) is 35.2 Å². The predicted octanol–water partition coefficient (Wildman–Crippen LogP) is 4.17. The lowest BCUT2D eigenvalue weighted by Gasteiger charge is -2.17. The molecule has 164 valence electrons. The van der Waals surface area contributed by atoms with Crippen LogP contribution >= 0.6 is 0 Å². The van der Waals surface area contributed by atoms with Gasteiger partial charge in [-0.05, 0) is 44.2 Å². The minimum Gasteiger partial charge on any atom is -0.493 e. The van der Waals surface area contributed by atoms with Gasteiger partial charge in [-0.25, -0.2) is 4.79 Å². The number of rotatable bonds is 7. The molecule has 31 heavy (non-hydrogen) atoms. The van der Waals surface area contributed by atoms with Crippen LogP contribution < -0.4 is 23.7 Å². The van der Waals surface area contributed by atoms with Gasteiger partial charge in [-0.2, -0.15) is 0 Å². The van der Waals surface area contributed by atoms with Crippen LogP contribution in [0.2, 0.25) is 0 Å². The number of amides is 1. The molecule has 1 heterocycles. The highest BCUT2D eigenvalue weighted by Crippen LogP contribution is 2.42. The summed E-state index contributed by atoms with van der Waals surface area (Å²) < 4.78 is 27.3. The average molecular weight is 427 g/mol. The van der Waals surface area contributed by atoms with Crippen molar-refractivity contribution < 1.29 is 33.3 Å². The van der Waals surface area contributed by atoms with Crippen LogP contribution in [0.3, 0.4) is 0 Å². The fourth-order valence-electron chi connectivity index (χ4n) is 3.26. The third-order valence-corrected chi connectivity index (χ3v) is 4.89. The number of carbonyl (C=O) groups excluding carboxylic acids is 2. The molecule has 1 aliphatic heterocycles. The lowest BCUT2D eigenvalue weighted by molar-refractivity contribution is 0.101. The number of ketones is 1. The Morgan fingerprint density at radius 3 is 2.32 bits per heavy atom. The normalized spacial score (nSPS) is 13.5. The first kappa shape index (κ1) is 22.0. The highest BCUT2D eigenvalue weighted by molar-refractivity contribution is 6.14. The molecule has 8 nitrogen and oxygen atoms in total. The summed E-state index contributed by atoms with van der Waals surface area (Å²) in [5.41, 5.74) is 0.970. The van der Waals surface area contributed by atoms with Crippen LogP contribution in [0.5, 0.6) is 28.7 Å². The smallest absolute Gasteiger partial charge is 0.415 e. The Hall–Kier alpha value is -3.68. The van der Waals surface area contributed by atoms with E-state index in [1.807, 2.05) is 13.8 Å². The van der Waals surface area contributed by atoms with Gasteiger partial charge in [-0.1, -0.05) is 0 Å². The molecule has 8 heteroatoms. The number of ether oxygens (including phenoxy) is 5. The van der Waals surface area contributed by atoms with Crippen molar-refractivity contribution in [2.45, 2.75) is 13.8 Å². The second-order valence-corrected chi connectivity index (χ2v) is 6.56. The summed E-state index contributed by atoms with van der Waals surface area (Å²) in [6.07, 6.45) is 1.12. The van der Waals surface area contributed by atoms with Gasteiger partial charge in [0.1, 0.15) is 11.5 Å². The fraction of sp³-hybridized carbons (Fsp3) is 0.304. The molecule has 0 aliphatic carbocycles. The lowest BCUT2D eigenvalue weighted by atomic mass is 10.1. The second-order valence-electron chi connectivity index (χ2n) is 6.56. The standard InChI is InChI=1S/C23H25NO7/c1-6-24(7-2)23(26)30-15-9-10-16-18(13-15)31-19(20(16)25)12-14-8-11-17(27-3)22(29-5)21(14)28-4/h8-13H,6-7H2,1-5H3. The molecule has 0 radical (unpaired) electrons. The van der Waals surface area contributed by atoms with Gasteiger partial charge >= 0.3 is 6.09 Å². The van der Waals surface area contributed by atoms with Crippen LogP contribution in [0.1, 0.15) is 29.8 Å². The van der Waals surface area contributed by atoms with Crippen molar-refractivity contribution >= 4 is 18.0 Å². The minimum atomic E-state index is -0.458. The van der Waals surface area contributed by atoms with Crippen molar-refractivity contribution in [2.75, 3.05) is 34.4 Å². The zero-order chi connectivity index (χ0) is 22.5. The Balaban J connectivity index is 1.89. The zero-order valence-corrected chi connectivity index (χ0v) is 18.2. The first-order valence-electron chi connectivity index (χ1n) is 9.81. The van der Waals surface area contributed by atoms with Crippen molar-refractivity contribution in [1.82, 2.24) is 4.90 Å². The molecule has 2 aromatic carbocycles. The van der Waals surface area contributed by atoms with Crippen molar-refractivity contribution in [3.05, 3.63) is 47.2 Å². The van der Waals surface area contributed by atoms with Gasteiger partial charge in [0.25, 0.3) is 0 Å². The molecule has 0 spiro atoms. The zero-order valence-electron chi connectivity index (χ0n) is 18.2. The molecular weight excluding hydrogens is 402 g/mol. The maximum absolute atomic E-state index is 12.8. The summed E-state index contributed by atoms with van der Waals surface area (Å²) in [7, 11) is 4.54. The Morgan fingerprint density at radius 2 is 1.71 bits per heavy atom. The van der Waals surface area contributed by atoms with Crippen LogP contribution in [0, 0.1) is 0 Å². The monoisotopic (exact) mass is 427 g/mol. The van der Waals surface area contributed by atoms with E-state index in [0.29, 0.717) is 53.0 Å². The van der Waals surface area contributed by atoms with E-state index in [9.17, 15) is 9.59 Å². The summed E-state index contributed by atoms with van der Waals surface area (Å²) in [4.78, 5) is 26.5. The average Bonchev–Trinajstić information content (AvgIpc) is 3.08. The summed E-state index contributed by atoms with van der Waals surface area (Å²) in [5.74, 6) is 1.78. The molecule has 3 rings (SSSR count). The number of Topliss-reactive ketones (excluding diaryl/α,β-unsaturated/α-hetero) is 1. The summed E-state index contributed by atoms with van der Waals surface area (Å²) >= 11 is 0. The quantitative estimate of drug-likeness (QED) is 0.613. The number of nitrogens with zero attached hydrogens (tertiary/aromatic N) is 1. The Kier molecular flexibility index (Phi) is 6.69. The molecular formula is C23H25NO7. The van der Waals surface area contributed by atoms with Gasteiger partial charge in [-0.15, -0.1) is 0 Å².